The smallest absolute Gasteiger partial charge is 0.325 e. The Balaban J connectivity index is 3.00. The Kier molecular flexibility index (Phi) is 3.38. The molecule has 5 heteroatoms. The molecule has 0 fully saturated rings. The van der Waals surface area contributed by atoms with Gasteiger partial charge >= 0.3 is 5.97 Å². The van der Waals surface area contributed by atoms with E-state index in [1.807, 2.05) is 19.9 Å². The van der Waals surface area contributed by atoms with Gasteiger partial charge in [0.15, 0.2) is 0 Å². The number of hydrogen-bond acceptors (Lipinski definition) is 3. The fourth-order valence-corrected chi connectivity index (χ4v) is 1.40. The molecule has 1 aromatic carbocycles. The second kappa shape index (κ2) is 4.54. The number of aliphatic carboxylic acids is 1. The van der Waals surface area contributed by atoms with Gasteiger partial charge in [-0.15, -0.1) is 4.91 Å². The van der Waals surface area contributed by atoms with Crippen molar-refractivity contribution in [1.82, 2.24) is 0 Å². The number of benzene rings is 1. The summed E-state index contributed by atoms with van der Waals surface area (Å²) in [6, 6.07) is 5.38. The molecule has 1 aromatic rings. The van der Waals surface area contributed by atoms with E-state index in [9.17, 15) is 9.70 Å². The summed E-state index contributed by atoms with van der Waals surface area (Å²) in [5.74, 6) is -1.09. The third kappa shape index (κ3) is 3.05. The summed E-state index contributed by atoms with van der Waals surface area (Å²) < 4.78 is 0. The van der Waals surface area contributed by atoms with Crippen molar-refractivity contribution in [2.75, 3.05) is 11.6 Å². The molecule has 0 saturated carbocycles. The molecule has 0 aromatic heterocycles. The second-order valence-corrected chi connectivity index (χ2v) is 3.38. The lowest BCUT2D eigenvalue weighted by molar-refractivity contribution is -0.135. The molecule has 0 atom stereocenters. The predicted octanol–water partition coefficient (Wildman–Crippen LogP) is 1.88. The van der Waals surface area contributed by atoms with Crippen LogP contribution < -0.4 is 5.01 Å². The van der Waals surface area contributed by atoms with Crippen LogP contribution in [0.4, 0.5) is 5.69 Å². The van der Waals surface area contributed by atoms with Gasteiger partial charge in [0.1, 0.15) is 6.54 Å². The summed E-state index contributed by atoms with van der Waals surface area (Å²) in [7, 11) is 0. The maximum atomic E-state index is 10.5. The maximum Gasteiger partial charge on any atom is 0.325 e. The van der Waals surface area contributed by atoms with E-state index in [1.54, 1.807) is 12.1 Å². The fraction of sp³-hybridized carbons (Fsp3) is 0.300. The normalized spacial score (nSPS) is 9.73. The summed E-state index contributed by atoms with van der Waals surface area (Å²) >= 11 is 0. The topological polar surface area (TPSA) is 70.0 Å². The zero-order chi connectivity index (χ0) is 11.4. The van der Waals surface area contributed by atoms with Gasteiger partial charge in [-0.2, -0.15) is 0 Å². The molecule has 0 radical (unpaired) electrons. The third-order valence-corrected chi connectivity index (χ3v) is 1.89. The number of carboxylic acids is 1. The van der Waals surface area contributed by atoms with Crippen LogP contribution in [0.2, 0.25) is 0 Å². The molecular formula is C10H12N2O3. The van der Waals surface area contributed by atoms with Gasteiger partial charge in [0.2, 0.25) is 0 Å². The summed E-state index contributed by atoms with van der Waals surface area (Å²) in [6.07, 6.45) is 0. The average molecular weight is 208 g/mol. The fourth-order valence-electron chi connectivity index (χ4n) is 1.40. The molecule has 0 aliphatic heterocycles. The number of anilines is 1. The molecule has 0 unspecified atom stereocenters. The van der Waals surface area contributed by atoms with Crippen LogP contribution in [0, 0.1) is 18.8 Å². The van der Waals surface area contributed by atoms with Crippen molar-refractivity contribution in [3.63, 3.8) is 0 Å². The molecular weight excluding hydrogens is 196 g/mol. The Morgan fingerprint density at radius 3 is 2.27 bits per heavy atom. The molecule has 80 valence electrons. The first-order valence-electron chi connectivity index (χ1n) is 4.44. The van der Waals surface area contributed by atoms with Crippen LogP contribution in [0.1, 0.15) is 11.1 Å². The summed E-state index contributed by atoms with van der Waals surface area (Å²) in [4.78, 5) is 20.9. The second-order valence-electron chi connectivity index (χ2n) is 3.38. The van der Waals surface area contributed by atoms with Gasteiger partial charge in [-0.1, -0.05) is 6.07 Å². The van der Waals surface area contributed by atoms with Crippen molar-refractivity contribution in [1.29, 1.82) is 0 Å². The number of rotatable bonds is 4. The zero-order valence-electron chi connectivity index (χ0n) is 8.60. The lowest BCUT2D eigenvalue weighted by Crippen LogP contribution is -2.23. The van der Waals surface area contributed by atoms with Crippen molar-refractivity contribution in [2.24, 2.45) is 5.29 Å². The Morgan fingerprint density at radius 1 is 1.33 bits per heavy atom. The molecule has 1 rings (SSSR count). The van der Waals surface area contributed by atoms with Gasteiger partial charge in [0.25, 0.3) is 0 Å². The summed E-state index contributed by atoms with van der Waals surface area (Å²) in [6.45, 7) is 3.33. The summed E-state index contributed by atoms with van der Waals surface area (Å²) in [5, 5.41) is 12.2. The Hall–Kier alpha value is -1.91. The van der Waals surface area contributed by atoms with Crippen molar-refractivity contribution >= 4 is 11.7 Å². The Labute approximate surface area is 87.3 Å². The molecule has 5 nitrogen and oxygen atoms in total. The van der Waals surface area contributed by atoms with Crippen LogP contribution in [-0.2, 0) is 4.79 Å². The molecule has 0 spiro atoms. The quantitative estimate of drug-likeness (QED) is 0.605. The third-order valence-electron chi connectivity index (χ3n) is 1.89. The van der Waals surface area contributed by atoms with Crippen LogP contribution in [0.5, 0.6) is 0 Å². The first kappa shape index (κ1) is 11.2. The maximum absolute atomic E-state index is 10.5. The molecule has 0 saturated heterocycles. The minimum absolute atomic E-state index is 0.424. The molecule has 0 bridgehead atoms. The highest BCUT2D eigenvalue weighted by Gasteiger charge is 2.11. The molecule has 0 heterocycles. The standard InChI is InChI=1S/C10H12N2O3/c1-7-3-8(2)5-9(4-7)12(11-15)6-10(13)14/h3-5H,6H2,1-2H3,(H,13,14). The highest BCUT2D eigenvalue weighted by atomic mass is 16.4. The highest BCUT2D eigenvalue weighted by Crippen LogP contribution is 2.18. The number of nitroso groups, excluding NO2 is 1. The SMILES string of the molecule is Cc1cc(C)cc(N(CC(=O)O)N=O)c1. The monoisotopic (exact) mass is 208 g/mol. The number of carboxylic acid groups (broad SMARTS) is 1. The Morgan fingerprint density at radius 2 is 1.87 bits per heavy atom. The van der Waals surface area contributed by atoms with Gasteiger partial charge in [-0.3, -0.25) is 4.79 Å². The van der Waals surface area contributed by atoms with E-state index in [-0.39, 0.29) is 0 Å². The van der Waals surface area contributed by atoms with Crippen molar-refractivity contribution in [2.45, 2.75) is 13.8 Å². The average Bonchev–Trinajstić information content (AvgIpc) is 2.12. The van der Waals surface area contributed by atoms with E-state index in [0.717, 1.165) is 16.1 Å². The van der Waals surface area contributed by atoms with Crippen LogP contribution in [0.3, 0.4) is 0 Å². The Bertz CT molecular complexity index is 370. The van der Waals surface area contributed by atoms with Gasteiger partial charge < -0.3 is 5.11 Å². The minimum Gasteiger partial charge on any atom is -0.480 e. The lowest BCUT2D eigenvalue weighted by atomic mass is 10.1. The molecule has 1 N–H and O–H groups in total. The van der Waals surface area contributed by atoms with Crippen molar-refractivity contribution < 1.29 is 9.90 Å². The number of nitrogens with zero attached hydrogens (tertiary/aromatic N) is 2. The summed E-state index contributed by atoms with van der Waals surface area (Å²) in [5.41, 5.74) is 2.43. The van der Waals surface area contributed by atoms with E-state index in [1.165, 1.54) is 0 Å². The first-order valence-corrected chi connectivity index (χ1v) is 4.44. The molecule has 0 amide bonds. The van der Waals surface area contributed by atoms with Gasteiger partial charge in [-0.05, 0) is 37.1 Å². The van der Waals surface area contributed by atoms with E-state index in [0.29, 0.717) is 5.69 Å². The van der Waals surface area contributed by atoms with Crippen LogP contribution in [-0.4, -0.2) is 17.6 Å². The van der Waals surface area contributed by atoms with Crippen LogP contribution >= 0.6 is 0 Å². The number of carbonyl (C=O) groups is 1. The van der Waals surface area contributed by atoms with Gasteiger partial charge in [0, 0.05) is 0 Å². The molecule has 0 aliphatic carbocycles. The van der Waals surface area contributed by atoms with E-state index in [2.05, 4.69) is 5.29 Å². The molecule has 15 heavy (non-hydrogen) atoms. The minimum atomic E-state index is -1.09. The van der Waals surface area contributed by atoms with E-state index < -0.39 is 12.5 Å². The van der Waals surface area contributed by atoms with E-state index >= 15 is 0 Å². The zero-order valence-corrected chi connectivity index (χ0v) is 8.60. The van der Waals surface area contributed by atoms with E-state index in [4.69, 9.17) is 5.11 Å². The van der Waals surface area contributed by atoms with Gasteiger partial charge in [-0.25, -0.2) is 5.01 Å². The molecule has 0 aliphatic rings. The number of hydrogen-bond donors (Lipinski definition) is 1. The van der Waals surface area contributed by atoms with Crippen molar-refractivity contribution in [3.05, 3.63) is 34.2 Å². The number of aryl methyl sites for hydroxylation is 2. The lowest BCUT2D eigenvalue weighted by Gasteiger charge is -2.13. The largest absolute Gasteiger partial charge is 0.480 e. The first-order chi connectivity index (χ1) is 7.02. The van der Waals surface area contributed by atoms with Crippen LogP contribution in [0.15, 0.2) is 23.5 Å². The highest BCUT2D eigenvalue weighted by molar-refractivity contribution is 5.73. The van der Waals surface area contributed by atoms with Crippen LogP contribution in [0.25, 0.3) is 0 Å². The van der Waals surface area contributed by atoms with Crippen molar-refractivity contribution in [3.8, 4) is 0 Å². The predicted molar refractivity (Wildman–Crippen MR) is 56.7 cm³/mol. The van der Waals surface area contributed by atoms with Gasteiger partial charge in [0.05, 0.1) is 11.0 Å².